The van der Waals surface area contributed by atoms with Crippen molar-refractivity contribution in [3.8, 4) is 11.5 Å². The van der Waals surface area contributed by atoms with Gasteiger partial charge in [0.2, 0.25) is 22.7 Å². The molecule has 0 fully saturated rings. The van der Waals surface area contributed by atoms with Crippen molar-refractivity contribution in [1.82, 2.24) is 5.32 Å². The van der Waals surface area contributed by atoms with E-state index in [1.54, 1.807) is 18.2 Å². The number of carbonyl (C=O) groups excluding carboxylic acids is 1. The molecular weight excluding hydrogens is 424 g/mol. The Bertz CT molecular complexity index is 995. The van der Waals surface area contributed by atoms with Crippen LogP contribution in [0, 0.1) is 6.92 Å². The Morgan fingerprint density at radius 3 is 2.70 bits per heavy atom. The Morgan fingerprint density at radius 2 is 1.93 bits per heavy atom. The minimum Gasteiger partial charge on any atom is -0.454 e. The summed E-state index contributed by atoms with van der Waals surface area (Å²) in [6.45, 7) is 2.41. The van der Waals surface area contributed by atoms with E-state index in [1.165, 1.54) is 11.1 Å². The van der Waals surface area contributed by atoms with Crippen LogP contribution in [-0.4, -0.2) is 46.2 Å². The second-order valence-electron chi connectivity index (χ2n) is 6.99. The van der Waals surface area contributed by atoms with Gasteiger partial charge in [-0.2, -0.15) is 11.8 Å². The second kappa shape index (κ2) is 10.1. The van der Waals surface area contributed by atoms with Crippen molar-refractivity contribution in [2.24, 2.45) is 0 Å². The van der Waals surface area contributed by atoms with E-state index >= 15 is 0 Å². The van der Waals surface area contributed by atoms with Crippen LogP contribution in [0.5, 0.6) is 11.5 Å². The van der Waals surface area contributed by atoms with Crippen LogP contribution in [0.15, 0.2) is 42.5 Å². The molecule has 2 aromatic carbocycles. The smallest absolute Gasteiger partial charge is 0.240 e. The van der Waals surface area contributed by atoms with Gasteiger partial charge in [0.1, 0.15) is 6.54 Å². The fourth-order valence-electron chi connectivity index (χ4n) is 2.98. The summed E-state index contributed by atoms with van der Waals surface area (Å²) < 4.78 is 36.0. The van der Waals surface area contributed by atoms with Crippen molar-refractivity contribution in [1.29, 1.82) is 0 Å². The molecule has 0 aliphatic carbocycles. The highest BCUT2D eigenvalue weighted by molar-refractivity contribution is 7.98. The fraction of sp³-hybridized carbons (Fsp3) is 0.381. The Labute approximate surface area is 181 Å². The minimum atomic E-state index is -3.63. The standard InChI is InChI=1S/C21H26N2O5S2/c1-16-6-3-4-7-17(16)14-29-11-5-10-22-21(24)13-23(30(2,25)26)18-8-9-19-20(12-18)28-15-27-19/h3-4,6-9,12H,5,10-11,13-15H2,1-2H3,(H,22,24). The summed E-state index contributed by atoms with van der Waals surface area (Å²) in [5.41, 5.74) is 2.97. The maximum Gasteiger partial charge on any atom is 0.240 e. The Balaban J connectivity index is 1.45. The zero-order valence-corrected chi connectivity index (χ0v) is 18.7. The monoisotopic (exact) mass is 450 g/mol. The highest BCUT2D eigenvalue weighted by Crippen LogP contribution is 2.36. The molecule has 2 aromatic rings. The number of thioether (sulfide) groups is 1. The van der Waals surface area contributed by atoms with Crippen molar-refractivity contribution < 1.29 is 22.7 Å². The summed E-state index contributed by atoms with van der Waals surface area (Å²) in [6.07, 6.45) is 1.89. The lowest BCUT2D eigenvalue weighted by atomic mass is 10.1. The van der Waals surface area contributed by atoms with Crippen LogP contribution in [0.4, 0.5) is 5.69 Å². The molecule has 0 atom stereocenters. The first kappa shape index (κ1) is 22.3. The molecule has 0 spiro atoms. The zero-order chi connectivity index (χ0) is 21.6. The van der Waals surface area contributed by atoms with E-state index in [9.17, 15) is 13.2 Å². The van der Waals surface area contributed by atoms with Crippen LogP contribution in [0.1, 0.15) is 17.5 Å². The van der Waals surface area contributed by atoms with Gasteiger partial charge in [-0.05, 0) is 42.4 Å². The van der Waals surface area contributed by atoms with E-state index in [-0.39, 0.29) is 19.2 Å². The van der Waals surface area contributed by atoms with E-state index in [2.05, 4.69) is 24.4 Å². The molecule has 0 unspecified atom stereocenters. The van der Waals surface area contributed by atoms with Crippen LogP contribution < -0.4 is 19.1 Å². The molecule has 0 radical (unpaired) electrons. The Hall–Kier alpha value is -2.39. The third-order valence-electron chi connectivity index (χ3n) is 4.64. The minimum absolute atomic E-state index is 0.0972. The summed E-state index contributed by atoms with van der Waals surface area (Å²) in [7, 11) is -3.63. The van der Waals surface area contributed by atoms with Gasteiger partial charge in [0, 0.05) is 18.4 Å². The van der Waals surface area contributed by atoms with E-state index in [0.717, 1.165) is 28.5 Å². The highest BCUT2D eigenvalue weighted by Gasteiger charge is 2.23. The molecule has 1 N–H and O–H groups in total. The van der Waals surface area contributed by atoms with Crippen molar-refractivity contribution in [2.45, 2.75) is 19.1 Å². The summed E-state index contributed by atoms with van der Waals surface area (Å²) in [4.78, 5) is 12.3. The summed E-state index contributed by atoms with van der Waals surface area (Å²) in [5.74, 6) is 2.52. The number of nitrogens with one attached hydrogen (secondary N) is 1. The number of nitrogens with zero attached hydrogens (tertiary/aromatic N) is 1. The number of carbonyl (C=O) groups is 1. The zero-order valence-electron chi connectivity index (χ0n) is 17.1. The summed E-state index contributed by atoms with van der Waals surface area (Å²) >= 11 is 1.82. The first-order chi connectivity index (χ1) is 14.3. The SMILES string of the molecule is Cc1ccccc1CSCCCNC(=O)CN(c1ccc2c(c1)OCO2)S(C)(=O)=O. The predicted molar refractivity (Wildman–Crippen MR) is 120 cm³/mol. The first-order valence-electron chi connectivity index (χ1n) is 9.61. The van der Waals surface area contributed by atoms with Gasteiger partial charge in [0.05, 0.1) is 11.9 Å². The molecule has 0 saturated heterocycles. The molecule has 7 nitrogen and oxygen atoms in total. The number of rotatable bonds is 10. The molecule has 1 amide bonds. The summed E-state index contributed by atoms with van der Waals surface area (Å²) in [6, 6.07) is 13.1. The average molecular weight is 451 g/mol. The van der Waals surface area contributed by atoms with Crippen molar-refractivity contribution in [3.05, 3.63) is 53.6 Å². The molecule has 30 heavy (non-hydrogen) atoms. The molecule has 1 heterocycles. The topological polar surface area (TPSA) is 84.9 Å². The largest absolute Gasteiger partial charge is 0.454 e. The van der Waals surface area contributed by atoms with Gasteiger partial charge in [-0.15, -0.1) is 0 Å². The Kier molecular flexibility index (Phi) is 7.49. The van der Waals surface area contributed by atoms with Crippen LogP contribution in [0.25, 0.3) is 0 Å². The lowest BCUT2D eigenvalue weighted by Gasteiger charge is -2.22. The Morgan fingerprint density at radius 1 is 1.17 bits per heavy atom. The van der Waals surface area contributed by atoms with Gasteiger partial charge in [-0.3, -0.25) is 9.10 Å². The average Bonchev–Trinajstić information content (AvgIpc) is 3.17. The molecular formula is C21H26N2O5S2. The van der Waals surface area contributed by atoms with E-state index < -0.39 is 10.0 Å². The number of amides is 1. The molecule has 1 aliphatic rings. The number of ether oxygens (including phenoxy) is 2. The number of hydrogen-bond donors (Lipinski definition) is 1. The van der Waals surface area contributed by atoms with Gasteiger partial charge >= 0.3 is 0 Å². The van der Waals surface area contributed by atoms with E-state index in [4.69, 9.17) is 9.47 Å². The van der Waals surface area contributed by atoms with Crippen LogP contribution in [0.2, 0.25) is 0 Å². The van der Waals surface area contributed by atoms with Crippen molar-refractivity contribution in [2.75, 3.05) is 36.2 Å². The molecule has 0 saturated carbocycles. The fourth-order valence-corrected chi connectivity index (χ4v) is 4.87. The molecule has 1 aliphatic heterocycles. The predicted octanol–water partition coefficient (Wildman–Crippen LogP) is 2.93. The van der Waals surface area contributed by atoms with E-state index in [1.807, 2.05) is 23.9 Å². The number of hydrogen-bond acceptors (Lipinski definition) is 6. The number of sulfonamides is 1. The number of benzene rings is 2. The highest BCUT2D eigenvalue weighted by atomic mass is 32.2. The quantitative estimate of drug-likeness (QED) is 0.560. The third kappa shape index (κ3) is 6.06. The molecule has 162 valence electrons. The molecule has 3 rings (SSSR count). The van der Waals surface area contributed by atoms with E-state index in [0.29, 0.717) is 23.7 Å². The van der Waals surface area contributed by atoms with Gasteiger partial charge in [0.25, 0.3) is 0 Å². The van der Waals surface area contributed by atoms with Crippen LogP contribution in [0.3, 0.4) is 0 Å². The number of anilines is 1. The van der Waals surface area contributed by atoms with Gasteiger partial charge in [0.15, 0.2) is 11.5 Å². The maximum atomic E-state index is 12.3. The van der Waals surface area contributed by atoms with Gasteiger partial charge < -0.3 is 14.8 Å². The van der Waals surface area contributed by atoms with Crippen LogP contribution in [-0.2, 0) is 20.6 Å². The lowest BCUT2D eigenvalue weighted by Crippen LogP contribution is -2.40. The first-order valence-corrected chi connectivity index (χ1v) is 12.6. The molecule has 0 aromatic heterocycles. The number of aryl methyl sites for hydroxylation is 1. The lowest BCUT2D eigenvalue weighted by molar-refractivity contribution is -0.119. The van der Waals surface area contributed by atoms with Crippen molar-refractivity contribution >= 4 is 33.4 Å². The van der Waals surface area contributed by atoms with Crippen LogP contribution >= 0.6 is 11.8 Å². The summed E-state index contributed by atoms with van der Waals surface area (Å²) in [5, 5.41) is 2.80. The number of fused-ring (bicyclic) bond motifs is 1. The normalized spacial score (nSPS) is 12.6. The maximum absolute atomic E-state index is 12.3. The molecule has 9 heteroatoms. The van der Waals surface area contributed by atoms with Gasteiger partial charge in [-0.25, -0.2) is 8.42 Å². The third-order valence-corrected chi connectivity index (χ3v) is 6.87. The molecule has 0 bridgehead atoms. The second-order valence-corrected chi connectivity index (χ2v) is 10.0. The van der Waals surface area contributed by atoms with Gasteiger partial charge in [-0.1, -0.05) is 24.3 Å². The van der Waals surface area contributed by atoms with Crippen molar-refractivity contribution in [3.63, 3.8) is 0 Å².